The molecular formula is C24H21ClN2O2. The van der Waals surface area contributed by atoms with E-state index in [0.29, 0.717) is 33.3 Å². The summed E-state index contributed by atoms with van der Waals surface area (Å²) >= 11 is 6.10. The van der Waals surface area contributed by atoms with Crippen molar-refractivity contribution in [3.8, 4) is 11.5 Å². The molecule has 0 unspecified atom stereocenters. The highest BCUT2D eigenvalue weighted by Gasteiger charge is 2.15. The molecule has 0 fully saturated rings. The van der Waals surface area contributed by atoms with Gasteiger partial charge in [0, 0.05) is 11.3 Å². The molecule has 1 amide bonds. The first-order valence-electron chi connectivity index (χ1n) is 9.39. The van der Waals surface area contributed by atoms with Crippen LogP contribution in [0.4, 0.5) is 5.69 Å². The van der Waals surface area contributed by atoms with Crippen LogP contribution in [0.1, 0.15) is 36.7 Å². The first-order chi connectivity index (χ1) is 13.8. The number of oxazole rings is 1. The van der Waals surface area contributed by atoms with Crippen molar-refractivity contribution in [2.75, 3.05) is 5.32 Å². The zero-order chi connectivity index (χ0) is 20.6. The summed E-state index contributed by atoms with van der Waals surface area (Å²) in [4.78, 5) is 17.1. The number of hydrogen-bond acceptors (Lipinski definition) is 3. The molecule has 0 saturated carbocycles. The van der Waals surface area contributed by atoms with Gasteiger partial charge in [0.15, 0.2) is 5.58 Å². The van der Waals surface area contributed by atoms with E-state index in [-0.39, 0.29) is 11.3 Å². The lowest BCUT2D eigenvalue weighted by Crippen LogP contribution is -2.12. The highest BCUT2D eigenvalue weighted by molar-refractivity contribution is 6.34. The van der Waals surface area contributed by atoms with Crippen molar-refractivity contribution in [3.63, 3.8) is 0 Å². The van der Waals surface area contributed by atoms with Crippen molar-refractivity contribution in [1.82, 2.24) is 4.98 Å². The van der Waals surface area contributed by atoms with Gasteiger partial charge in [0.1, 0.15) is 5.52 Å². The lowest BCUT2D eigenvalue weighted by Gasteiger charge is -2.18. The number of carbonyl (C=O) groups is 1. The van der Waals surface area contributed by atoms with Crippen molar-refractivity contribution in [1.29, 1.82) is 0 Å². The van der Waals surface area contributed by atoms with Crippen molar-refractivity contribution < 1.29 is 9.21 Å². The summed E-state index contributed by atoms with van der Waals surface area (Å²) in [6, 6.07) is 20.6. The van der Waals surface area contributed by atoms with E-state index in [1.807, 2.05) is 12.1 Å². The standard InChI is InChI=1S/C24H21ClN2O2/c1-24(2,3)16-10-8-15(9-11-16)23-27-20-14-17(12-13-21(20)29-23)26-22(28)18-6-4-5-7-19(18)25/h4-14H,1-3H3,(H,26,28). The Morgan fingerprint density at radius 2 is 1.72 bits per heavy atom. The van der Waals surface area contributed by atoms with Crippen LogP contribution in [0.3, 0.4) is 0 Å². The molecule has 29 heavy (non-hydrogen) atoms. The number of rotatable bonds is 3. The number of nitrogens with one attached hydrogen (secondary N) is 1. The van der Waals surface area contributed by atoms with Gasteiger partial charge in [-0.25, -0.2) is 4.98 Å². The highest BCUT2D eigenvalue weighted by Crippen LogP contribution is 2.29. The van der Waals surface area contributed by atoms with Gasteiger partial charge in [0.05, 0.1) is 10.6 Å². The van der Waals surface area contributed by atoms with Crippen LogP contribution >= 0.6 is 11.6 Å². The van der Waals surface area contributed by atoms with Crippen molar-refractivity contribution in [3.05, 3.63) is 82.9 Å². The Morgan fingerprint density at radius 1 is 1.00 bits per heavy atom. The molecule has 0 radical (unpaired) electrons. The average molecular weight is 405 g/mol. The van der Waals surface area contributed by atoms with E-state index < -0.39 is 0 Å². The largest absolute Gasteiger partial charge is 0.436 e. The quantitative estimate of drug-likeness (QED) is 0.413. The van der Waals surface area contributed by atoms with Gasteiger partial charge in [-0.15, -0.1) is 0 Å². The third kappa shape index (κ3) is 4.03. The summed E-state index contributed by atoms with van der Waals surface area (Å²) in [5.74, 6) is 0.284. The van der Waals surface area contributed by atoms with Crippen molar-refractivity contribution >= 4 is 34.3 Å². The van der Waals surface area contributed by atoms with E-state index >= 15 is 0 Å². The summed E-state index contributed by atoms with van der Waals surface area (Å²) in [5, 5.41) is 3.27. The predicted molar refractivity (Wildman–Crippen MR) is 118 cm³/mol. The molecule has 1 heterocycles. The van der Waals surface area contributed by atoms with Crippen molar-refractivity contribution in [2.45, 2.75) is 26.2 Å². The minimum absolute atomic E-state index is 0.0919. The molecule has 0 spiro atoms. The van der Waals surface area contributed by atoms with Crippen LogP contribution < -0.4 is 5.32 Å². The van der Waals surface area contributed by atoms with E-state index in [1.54, 1.807) is 42.5 Å². The van der Waals surface area contributed by atoms with Crippen LogP contribution in [0, 0.1) is 0 Å². The zero-order valence-corrected chi connectivity index (χ0v) is 17.2. The first-order valence-corrected chi connectivity index (χ1v) is 9.76. The second-order valence-corrected chi connectivity index (χ2v) is 8.37. The fourth-order valence-electron chi connectivity index (χ4n) is 3.09. The minimum atomic E-state index is -0.267. The van der Waals surface area contributed by atoms with Gasteiger partial charge in [-0.05, 0) is 53.4 Å². The summed E-state index contributed by atoms with van der Waals surface area (Å²) in [7, 11) is 0. The maximum atomic E-state index is 12.5. The zero-order valence-electron chi connectivity index (χ0n) is 16.5. The molecule has 4 aromatic rings. The Kier molecular flexibility index (Phi) is 4.89. The number of carbonyl (C=O) groups excluding carboxylic acids is 1. The minimum Gasteiger partial charge on any atom is -0.436 e. The SMILES string of the molecule is CC(C)(C)c1ccc(-c2nc3cc(NC(=O)c4ccccc4Cl)ccc3o2)cc1. The molecule has 3 aromatic carbocycles. The number of halogens is 1. The van der Waals surface area contributed by atoms with Crippen LogP contribution in [0.2, 0.25) is 5.02 Å². The molecule has 1 aromatic heterocycles. The molecule has 4 rings (SSSR count). The second kappa shape index (κ2) is 7.37. The number of nitrogens with zero attached hydrogens (tertiary/aromatic N) is 1. The number of hydrogen-bond donors (Lipinski definition) is 1. The Balaban J connectivity index is 1.59. The molecule has 0 atom stereocenters. The van der Waals surface area contributed by atoms with E-state index in [2.05, 4.69) is 43.2 Å². The van der Waals surface area contributed by atoms with Gasteiger partial charge in [0.2, 0.25) is 5.89 Å². The fraction of sp³-hybridized carbons (Fsp3) is 0.167. The van der Waals surface area contributed by atoms with Gasteiger partial charge in [-0.3, -0.25) is 4.79 Å². The topological polar surface area (TPSA) is 55.1 Å². The first kappa shape index (κ1) is 19.2. The third-order valence-electron chi connectivity index (χ3n) is 4.76. The Morgan fingerprint density at radius 3 is 2.41 bits per heavy atom. The van der Waals surface area contributed by atoms with E-state index in [4.69, 9.17) is 16.0 Å². The molecule has 1 N–H and O–H groups in total. The number of amides is 1. The Bertz CT molecular complexity index is 1190. The molecule has 5 heteroatoms. The fourth-order valence-corrected chi connectivity index (χ4v) is 3.31. The highest BCUT2D eigenvalue weighted by atomic mass is 35.5. The number of aromatic nitrogens is 1. The van der Waals surface area contributed by atoms with Crippen LogP contribution in [0.25, 0.3) is 22.6 Å². The summed E-state index contributed by atoms with van der Waals surface area (Å²) in [5.41, 5.74) is 4.65. The van der Waals surface area contributed by atoms with Gasteiger partial charge >= 0.3 is 0 Å². The third-order valence-corrected chi connectivity index (χ3v) is 5.09. The number of benzene rings is 3. The van der Waals surface area contributed by atoms with Crippen LogP contribution in [-0.2, 0) is 5.41 Å². The monoisotopic (exact) mass is 404 g/mol. The number of fused-ring (bicyclic) bond motifs is 1. The van der Waals surface area contributed by atoms with E-state index in [9.17, 15) is 4.79 Å². The molecule has 146 valence electrons. The molecule has 0 aliphatic heterocycles. The molecular weight excluding hydrogens is 384 g/mol. The summed E-state index contributed by atoms with van der Waals surface area (Å²) in [6.45, 7) is 6.54. The van der Waals surface area contributed by atoms with Crippen LogP contribution in [0.5, 0.6) is 0 Å². The molecule has 0 aliphatic rings. The predicted octanol–water partition coefficient (Wildman–Crippen LogP) is 6.70. The summed E-state index contributed by atoms with van der Waals surface area (Å²) < 4.78 is 5.90. The molecule has 0 aliphatic carbocycles. The smallest absolute Gasteiger partial charge is 0.257 e. The average Bonchev–Trinajstić information content (AvgIpc) is 3.11. The Labute approximate surface area is 174 Å². The Hall–Kier alpha value is -3.11. The lowest BCUT2D eigenvalue weighted by atomic mass is 9.87. The number of anilines is 1. The van der Waals surface area contributed by atoms with Gasteiger partial charge < -0.3 is 9.73 Å². The van der Waals surface area contributed by atoms with Crippen molar-refractivity contribution in [2.24, 2.45) is 0 Å². The normalized spacial score (nSPS) is 11.6. The molecule has 0 saturated heterocycles. The van der Waals surface area contributed by atoms with Gasteiger partial charge in [-0.2, -0.15) is 0 Å². The molecule has 0 bridgehead atoms. The van der Waals surface area contributed by atoms with E-state index in [1.165, 1.54) is 5.56 Å². The van der Waals surface area contributed by atoms with Crippen LogP contribution in [-0.4, -0.2) is 10.9 Å². The lowest BCUT2D eigenvalue weighted by molar-refractivity contribution is 0.102. The van der Waals surface area contributed by atoms with Gasteiger partial charge in [0.25, 0.3) is 5.91 Å². The van der Waals surface area contributed by atoms with Gasteiger partial charge in [-0.1, -0.05) is 56.6 Å². The maximum Gasteiger partial charge on any atom is 0.257 e. The summed E-state index contributed by atoms with van der Waals surface area (Å²) in [6.07, 6.45) is 0. The van der Waals surface area contributed by atoms with Crippen LogP contribution in [0.15, 0.2) is 71.1 Å². The molecule has 4 nitrogen and oxygen atoms in total. The maximum absolute atomic E-state index is 12.5. The van der Waals surface area contributed by atoms with E-state index in [0.717, 1.165) is 5.56 Å². The second-order valence-electron chi connectivity index (χ2n) is 7.96.